The Labute approximate surface area is 270 Å². The maximum atomic E-state index is 12.9. The van der Waals surface area contributed by atoms with E-state index in [4.69, 9.17) is 21.1 Å². The van der Waals surface area contributed by atoms with Crippen molar-refractivity contribution in [2.75, 3.05) is 30.4 Å². The first kappa shape index (κ1) is 33.3. The second-order valence-electron chi connectivity index (χ2n) is 10.3. The van der Waals surface area contributed by atoms with Crippen LogP contribution in [0, 0.1) is 0 Å². The molecular weight excluding hydrogens is 618 g/mol. The minimum Gasteiger partial charge on any atom is -0.484 e. The van der Waals surface area contributed by atoms with Gasteiger partial charge in [0, 0.05) is 11.4 Å². The Morgan fingerprint density at radius 2 is 1.71 bits per heavy atom. The maximum absolute atomic E-state index is 12.9. The van der Waals surface area contributed by atoms with Gasteiger partial charge in [0.25, 0.3) is 17.1 Å². The molecule has 45 heavy (non-hydrogen) atoms. The molecule has 2 N–H and O–H groups in total. The number of anilines is 2. The Balaban J connectivity index is 1.31. The van der Waals surface area contributed by atoms with Gasteiger partial charge < -0.3 is 20.1 Å². The zero-order valence-corrected chi connectivity index (χ0v) is 26.5. The van der Waals surface area contributed by atoms with Crippen molar-refractivity contribution in [3.63, 3.8) is 0 Å². The van der Waals surface area contributed by atoms with Gasteiger partial charge in [-0.15, -0.1) is 0 Å². The number of halogens is 1. The lowest BCUT2D eigenvalue weighted by Gasteiger charge is -2.14. The topological polar surface area (TPSA) is 131 Å². The zero-order valence-electron chi connectivity index (χ0n) is 24.9. The third-order valence-corrected chi connectivity index (χ3v) is 7.72. The molecule has 234 valence electrons. The first-order chi connectivity index (χ1) is 21.5. The van der Waals surface area contributed by atoms with Gasteiger partial charge in [-0.3, -0.25) is 24.1 Å². The maximum Gasteiger partial charge on any atom is 0.339 e. The summed E-state index contributed by atoms with van der Waals surface area (Å²) in [6.45, 7) is 5.48. The van der Waals surface area contributed by atoms with E-state index in [0.29, 0.717) is 17.7 Å². The van der Waals surface area contributed by atoms with Crippen LogP contribution in [0.5, 0.6) is 5.75 Å². The number of amides is 4. The molecule has 0 saturated carbocycles. The molecule has 1 fully saturated rings. The highest BCUT2D eigenvalue weighted by molar-refractivity contribution is 8.18. The standard InChI is InChI=1S/C33H32ClN3O7S/c1-4-15-43-32(41)25-17-22(11-14-26(25)34)35-29(38)18-37-31(40)28(45-33(37)42)16-21-9-12-23(13-10-21)44-19-30(39)36-27-8-6-5-7-24(27)20(2)3/h5-14,16-17,20H,4,15,18-19H2,1-3H3,(H,35,38)(H,36,39)/b28-16+. The van der Waals surface area contributed by atoms with Crippen LogP contribution in [-0.4, -0.2) is 53.6 Å². The Bertz CT molecular complexity index is 1640. The van der Waals surface area contributed by atoms with E-state index >= 15 is 0 Å². The highest BCUT2D eigenvalue weighted by Crippen LogP contribution is 2.32. The summed E-state index contributed by atoms with van der Waals surface area (Å²) in [7, 11) is 0. The SMILES string of the molecule is CCCOC(=O)c1cc(NC(=O)CN2C(=O)S/C(=C/c3ccc(OCC(=O)Nc4ccccc4C(C)C)cc3)C2=O)ccc1Cl. The molecule has 0 bridgehead atoms. The lowest BCUT2D eigenvalue weighted by molar-refractivity contribution is -0.127. The summed E-state index contributed by atoms with van der Waals surface area (Å²) >= 11 is 6.82. The van der Waals surface area contributed by atoms with Crippen molar-refractivity contribution in [2.24, 2.45) is 0 Å². The van der Waals surface area contributed by atoms with Crippen molar-refractivity contribution in [1.29, 1.82) is 0 Å². The predicted octanol–water partition coefficient (Wildman–Crippen LogP) is 6.72. The Hall–Kier alpha value is -4.61. The van der Waals surface area contributed by atoms with E-state index in [9.17, 15) is 24.0 Å². The Kier molecular flexibility index (Phi) is 11.4. The number of hydrogen-bond acceptors (Lipinski definition) is 8. The van der Waals surface area contributed by atoms with Crippen LogP contribution in [-0.2, 0) is 19.1 Å². The van der Waals surface area contributed by atoms with E-state index < -0.39 is 29.6 Å². The fourth-order valence-corrected chi connectivity index (χ4v) is 5.31. The minimum atomic E-state index is -0.632. The summed E-state index contributed by atoms with van der Waals surface area (Å²) in [6.07, 6.45) is 2.18. The fraction of sp³-hybridized carbons (Fsp3) is 0.242. The fourth-order valence-electron chi connectivity index (χ4n) is 4.27. The lowest BCUT2D eigenvalue weighted by Crippen LogP contribution is -2.36. The monoisotopic (exact) mass is 649 g/mol. The van der Waals surface area contributed by atoms with Crippen LogP contribution in [0.15, 0.2) is 71.6 Å². The molecule has 0 radical (unpaired) electrons. The van der Waals surface area contributed by atoms with Gasteiger partial charge >= 0.3 is 5.97 Å². The third-order valence-electron chi connectivity index (χ3n) is 6.49. The lowest BCUT2D eigenvalue weighted by atomic mass is 10.0. The summed E-state index contributed by atoms with van der Waals surface area (Å²) in [5.74, 6) is -1.46. The molecule has 1 aliphatic rings. The molecule has 10 nitrogen and oxygen atoms in total. The van der Waals surface area contributed by atoms with Crippen LogP contribution in [0.3, 0.4) is 0 Å². The number of benzene rings is 3. The van der Waals surface area contributed by atoms with Crippen molar-refractivity contribution >= 4 is 69.7 Å². The second-order valence-corrected chi connectivity index (χ2v) is 11.7. The number of nitrogens with one attached hydrogen (secondary N) is 2. The number of ether oxygens (including phenoxy) is 2. The molecule has 4 rings (SSSR count). The van der Waals surface area contributed by atoms with Crippen molar-refractivity contribution in [3.05, 3.63) is 93.3 Å². The number of esters is 1. The molecule has 0 spiro atoms. The number of nitrogens with zero attached hydrogens (tertiary/aromatic N) is 1. The molecule has 0 unspecified atom stereocenters. The normalized spacial score (nSPS) is 13.7. The Morgan fingerprint density at radius 1 is 0.978 bits per heavy atom. The minimum absolute atomic E-state index is 0.0871. The van der Waals surface area contributed by atoms with Crippen molar-refractivity contribution in [1.82, 2.24) is 4.90 Å². The van der Waals surface area contributed by atoms with Crippen LogP contribution in [0.4, 0.5) is 16.2 Å². The molecule has 1 aliphatic heterocycles. The molecule has 3 aromatic rings. The first-order valence-corrected chi connectivity index (χ1v) is 15.4. The summed E-state index contributed by atoms with van der Waals surface area (Å²) in [4.78, 5) is 63.9. The van der Waals surface area contributed by atoms with E-state index in [2.05, 4.69) is 24.5 Å². The number of rotatable bonds is 12. The van der Waals surface area contributed by atoms with E-state index in [1.165, 1.54) is 24.3 Å². The number of imide groups is 1. The van der Waals surface area contributed by atoms with E-state index in [-0.39, 0.29) is 46.2 Å². The number of para-hydroxylation sites is 1. The third kappa shape index (κ3) is 8.96. The van der Waals surface area contributed by atoms with Crippen molar-refractivity contribution < 1.29 is 33.4 Å². The molecule has 0 atom stereocenters. The van der Waals surface area contributed by atoms with Crippen LogP contribution in [0.2, 0.25) is 5.02 Å². The average Bonchev–Trinajstić information content (AvgIpc) is 3.27. The molecule has 0 aliphatic carbocycles. The Morgan fingerprint density at radius 3 is 2.42 bits per heavy atom. The molecular formula is C33H32ClN3O7S. The van der Waals surface area contributed by atoms with Gasteiger partial charge in [0.1, 0.15) is 12.3 Å². The highest BCUT2D eigenvalue weighted by atomic mass is 35.5. The average molecular weight is 650 g/mol. The summed E-state index contributed by atoms with van der Waals surface area (Å²) in [5, 5.41) is 5.03. The van der Waals surface area contributed by atoms with Crippen LogP contribution in [0.25, 0.3) is 6.08 Å². The largest absolute Gasteiger partial charge is 0.484 e. The van der Waals surface area contributed by atoms with Gasteiger partial charge in [-0.2, -0.15) is 0 Å². The van der Waals surface area contributed by atoms with Gasteiger partial charge in [0.05, 0.1) is 22.1 Å². The van der Waals surface area contributed by atoms with Crippen LogP contribution < -0.4 is 15.4 Å². The molecule has 3 aromatic carbocycles. The summed E-state index contributed by atoms with van der Waals surface area (Å²) in [6, 6.07) is 18.6. The number of thioether (sulfide) groups is 1. The second kappa shape index (κ2) is 15.4. The zero-order chi connectivity index (χ0) is 32.5. The molecule has 0 aromatic heterocycles. The van der Waals surface area contributed by atoms with E-state index in [0.717, 1.165) is 27.9 Å². The van der Waals surface area contributed by atoms with Gasteiger partial charge in [-0.1, -0.05) is 62.7 Å². The number of hydrogen-bond donors (Lipinski definition) is 2. The van der Waals surface area contributed by atoms with Crippen LogP contribution in [0.1, 0.15) is 54.6 Å². The van der Waals surface area contributed by atoms with Gasteiger partial charge in [-0.25, -0.2) is 4.79 Å². The quantitative estimate of drug-likeness (QED) is 0.163. The number of carbonyl (C=O) groups excluding carboxylic acids is 5. The van der Waals surface area contributed by atoms with E-state index in [1.54, 1.807) is 24.3 Å². The van der Waals surface area contributed by atoms with Gasteiger partial charge in [0.15, 0.2) is 6.61 Å². The predicted molar refractivity (Wildman–Crippen MR) is 174 cm³/mol. The summed E-state index contributed by atoms with van der Waals surface area (Å²) in [5.41, 5.74) is 2.74. The summed E-state index contributed by atoms with van der Waals surface area (Å²) < 4.78 is 10.7. The highest BCUT2D eigenvalue weighted by Gasteiger charge is 2.36. The molecule has 12 heteroatoms. The molecule has 1 saturated heterocycles. The molecule has 4 amide bonds. The van der Waals surface area contributed by atoms with Crippen molar-refractivity contribution in [2.45, 2.75) is 33.1 Å². The van der Waals surface area contributed by atoms with Crippen molar-refractivity contribution in [3.8, 4) is 5.75 Å². The van der Waals surface area contributed by atoms with Crippen LogP contribution >= 0.6 is 23.4 Å². The smallest absolute Gasteiger partial charge is 0.339 e. The first-order valence-electron chi connectivity index (χ1n) is 14.2. The van der Waals surface area contributed by atoms with Gasteiger partial charge in [-0.05, 0) is 77.7 Å². The number of carbonyl (C=O) groups is 5. The van der Waals surface area contributed by atoms with Gasteiger partial charge in [0.2, 0.25) is 5.91 Å². The van der Waals surface area contributed by atoms with E-state index in [1.807, 2.05) is 31.2 Å². The molecule has 1 heterocycles.